The Kier molecular flexibility index (Phi) is 5.62. The molecule has 0 bridgehead atoms. The molecule has 0 saturated carbocycles. The predicted octanol–water partition coefficient (Wildman–Crippen LogP) is 7.41. The van der Waals surface area contributed by atoms with Crippen molar-refractivity contribution in [1.82, 2.24) is 4.98 Å². The van der Waals surface area contributed by atoms with E-state index in [9.17, 15) is 4.79 Å². The van der Waals surface area contributed by atoms with Gasteiger partial charge in [0, 0.05) is 24.4 Å². The van der Waals surface area contributed by atoms with E-state index in [1.807, 2.05) is 54.6 Å². The highest BCUT2D eigenvalue weighted by atomic mass is 79.9. The molecule has 138 valence electrons. The zero-order chi connectivity index (χ0) is 19.7. The lowest BCUT2D eigenvalue weighted by Gasteiger charge is -2.11. The van der Waals surface area contributed by atoms with E-state index in [2.05, 4.69) is 47.8 Å². The number of benzene rings is 3. The summed E-state index contributed by atoms with van der Waals surface area (Å²) >= 11 is 10.3. The predicted molar refractivity (Wildman–Crippen MR) is 122 cm³/mol. The summed E-state index contributed by atoms with van der Waals surface area (Å²) in [6.07, 6.45) is 0. The molecule has 3 nitrogen and oxygen atoms in total. The van der Waals surface area contributed by atoms with Crippen molar-refractivity contribution in [3.63, 3.8) is 0 Å². The van der Waals surface area contributed by atoms with Crippen LogP contribution in [0.3, 0.4) is 0 Å². The van der Waals surface area contributed by atoms with Gasteiger partial charge in [0.1, 0.15) is 5.75 Å². The molecular weight excluding hydrogens is 550 g/mol. The van der Waals surface area contributed by atoms with Crippen molar-refractivity contribution in [3.05, 3.63) is 91.8 Å². The number of aromatic nitrogens is 1. The quantitative estimate of drug-likeness (QED) is 0.193. The number of fused-ring (bicyclic) bond motifs is 1. The fourth-order valence-electron chi connectivity index (χ4n) is 2.80. The molecule has 0 amide bonds. The van der Waals surface area contributed by atoms with Crippen LogP contribution < -0.4 is 4.74 Å². The molecule has 3 aromatic carbocycles. The first-order valence-corrected chi connectivity index (χ1v) is 10.7. The maximum absolute atomic E-state index is 13.0. The summed E-state index contributed by atoms with van der Waals surface area (Å²) in [4.78, 5) is 17.7. The van der Waals surface area contributed by atoms with Gasteiger partial charge in [-0.05, 0) is 60.7 Å². The van der Waals surface area contributed by atoms with E-state index >= 15 is 0 Å². The van der Waals surface area contributed by atoms with E-state index < -0.39 is 5.97 Å². The van der Waals surface area contributed by atoms with Gasteiger partial charge < -0.3 is 4.74 Å². The van der Waals surface area contributed by atoms with E-state index in [-0.39, 0.29) is 0 Å². The monoisotopic (exact) mass is 559 g/mol. The fourth-order valence-corrected chi connectivity index (χ4v) is 3.69. The smallest absolute Gasteiger partial charge is 0.344 e. The number of ether oxygens (including phenoxy) is 1. The van der Waals surface area contributed by atoms with Crippen LogP contribution in [0.15, 0.2) is 86.2 Å². The fraction of sp³-hybridized carbons (Fsp3) is 0. The maximum Gasteiger partial charge on any atom is 0.344 e. The van der Waals surface area contributed by atoms with Crippen LogP contribution in [-0.2, 0) is 0 Å². The van der Waals surface area contributed by atoms with Crippen LogP contribution in [-0.4, -0.2) is 11.0 Å². The number of pyridine rings is 1. The third-order valence-corrected chi connectivity index (χ3v) is 5.71. The second kappa shape index (κ2) is 8.15. The van der Waals surface area contributed by atoms with Crippen molar-refractivity contribution in [2.45, 2.75) is 0 Å². The molecule has 0 saturated heterocycles. The first-order chi connectivity index (χ1) is 13.5. The normalized spacial score (nSPS) is 10.8. The van der Waals surface area contributed by atoms with Gasteiger partial charge in [0.2, 0.25) is 0 Å². The molecule has 0 aliphatic heterocycles. The van der Waals surface area contributed by atoms with Gasteiger partial charge in [0.05, 0.1) is 16.8 Å². The minimum atomic E-state index is -0.425. The van der Waals surface area contributed by atoms with Crippen molar-refractivity contribution in [3.8, 4) is 17.0 Å². The topological polar surface area (TPSA) is 39.2 Å². The molecule has 0 atom stereocenters. The lowest BCUT2D eigenvalue weighted by molar-refractivity contribution is 0.0737. The lowest BCUT2D eigenvalue weighted by Crippen LogP contribution is -2.10. The van der Waals surface area contributed by atoms with Gasteiger partial charge in [0.15, 0.2) is 0 Å². The first-order valence-electron chi connectivity index (χ1n) is 8.33. The second-order valence-corrected chi connectivity index (χ2v) is 8.81. The zero-order valence-corrected chi connectivity index (χ0v) is 19.1. The average molecular weight is 562 g/mol. The summed E-state index contributed by atoms with van der Waals surface area (Å²) in [6, 6.07) is 22.4. The van der Waals surface area contributed by atoms with E-state index in [1.54, 1.807) is 18.2 Å². The van der Waals surface area contributed by atoms with E-state index in [0.717, 1.165) is 29.9 Å². The molecule has 0 radical (unpaired) electrons. The van der Waals surface area contributed by atoms with Gasteiger partial charge >= 0.3 is 5.97 Å². The summed E-state index contributed by atoms with van der Waals surface area (Å²) in [6.45, 7) is 0. The highest BCUT2D eigenvalue weighted by molar-refractivity contribution is 9.11. The Morgan fingerprint density at radius 1 is 0.750 bits per heavy atom. The van der Waals surface area contributed by atoms with Gasteiger partial charge in [-0.15, -0.1) is 0 Å². The largest absolute Gasteiger partial charge is 0.423 e. The Morgan fingerprint density at radius 3 is 2.04 bits per heavy atom. The molecule has 0 spiro atoms. The average Bonchev–Trinajstić information content (AvgIpc) is 2.69. The lowest BCUT2D eigenvalue weighted by atomic mass is 10.0. The SMILES string of the molecule is O=C(Oc1ccc(Br)cc1)c1cc(-c2ccc(Br)cc2)nc2ccc(Br)cc12. The number of carbonyl (C=O) groups is 1. The van der Waals surface area contributed by atoms with Gasteiger partial charge in [-0.2, -0.15) is 0 Å². The Balaban J connectivity index is 1.82. The Morgan fingerprint density at radius 2 is 1.36 bits per heavy atom. The highest BCUT2D eigenvalue weighted by Crippen LogP contribution is 2.29. The number of halogens is 3. The van der Waals surface area contributed by atoms with E-state index in [0.29, 0.717) is 17.0 Å². The van der Waals surface area contributed by atoms with Crippen LogP contribution in [0, 0.1) is 0 Å². The van der Waals surface area contributed by atoms with Gasteiger partial charge in [-0.1, -0.05) is 59.9 Å². The van der Waals surface area contributed by atoms with Gasteiger partial charge in [-0.3, -0.25) is 0 Å². The summed E-state index contributed by atoms with van der Waals surface area (Å²) in [5.41, 5.74) is 2.83. The zero-order valence-electron chi connectivity index (χ0n) is 14.3. The Bertz CT molecular complexity index is 1170. The summed E-state index contributed by atoms with van der Waals surface area (Å²) in [5.74, 6) is 0.0598. The summed E-state index contributed by atoms with van der Waals surface area (Å²) in [5, 5.41) is 0.734. The molecule has 0 aliphatic carbocycles. The molecule has 1 heterocycles. The van der Waals surface area contributed by atoms with Crippen LogP contribution in [0.4, 0.5) is 0 Å². The third kappa shape index (κ3) is 4.19. The maximum atomic E-state index is 13.0. The molecule has 4 aromatic rings. The molecule has 0 N–H and O–H groups in total. The van der Waals surface area contributed by atoms with E-state index in [4.69, 9.17) is 9.72 Å². The minimum Gasteiger partial charge on any atom is -0.423 e. The standard InChI is InChI=1S/C22H12Br3NO2/c23-14-3-1-13(2-4-14)21-12-19(18-11-16(25)7-10-20(18)26-21)22(27)28-17-8-5-15(24)6-9-17/h1-12H. The summed E-state index contributed by atoms with van der Waals surface area (Å²) in [7, 11) is 0. The number of nitrogens with zero attached hydrogens (tertiary/aromatic N) is 1. The molecule has 0 fully saturated rings. The van der Waals surface area contributed by atoms with Crippen molar-refractivity contribution in [2.24, 2.45) is 0 Å². The number of hydrogen-bond donors (Lipinski definition) is 0. The van der Waals surface area contributed by atoms with Crippen molar-refractivity contribution in [1.29, 1.82) is 0 Å². The highest BCUT2D eigenvalue weighted by Gasteiger charge is 2.16. The number of hydrogen-bond acceptors (Lipinski definition) is 3. The Labute approximate surface area is 187 Å². The van der Waals surface area contributed by atoms with Crippen LogP contribution in [0.5, 0.6) is 5.75 Å². The van der Waals surface area contributed by atoms with Crippen LogP contribution in [0.25, 0.3) is 22.2 Å². The molecule has 6 heteroatoms. The molecule has 0 unspecified atom stereocenters. The second-order valence-electron chi connectivity index (χ2n) is 6.07. The number of carbonyl (C=O) groups excluding carboxylic acids is 1. The van der Waals surface area contributed by atoms with Crippen molar-refractivity contribution in [2.75, 3.05) is 0 Å². The van der Waals surface area contributed by atoms with E-state index in [1.165, 1.54) is 0 Å². The molecule has 4 rings (SSSR count). The van der Waals surface area contributed by atoms with Gasteiger partial charge in [-0.25, -0.2) is 9.78 Å². The third-order valence-electron chi connectivity index (χ3n) is 4.15. The molecular formula is C22H12Br3NO2. The van der Waals surface area contributed by atoms with Crippen LogP contribution >= 0.6 is 47.8 Å². The molecule has 28 heavy (non-hydrogen) atoms. The summed E-state index contributed by atoms with van der Waals surface area (Å²) < 4.78 is 8.38. The molecule has 0 aliphatic rings. The van der Waals surface area contributed by atoms with Crippen molar-refractivity contribution >= 4 is 64.7 Å². The van der Waals surface area contributed by atoms with Crippen LogP contribution in [0.1, 0.15) is 10.4 Å². The number of esters is 1. The van der Waals surface area contributed by atoms with Crippen LogP contribution in [0.2, 0.25) is 0 Å². The first kappa shape index (κ1) is 19.3. The van der Waals surface area contributed by atoms with Gasteiger partial charge in [0.25, 0.3) is 0 Å². The Hall–Kier alpha value is -2.02. The van der Waals surface area contributed by atoms with Crippen molar-refractivity contribution < 1.29 is 9.53 Å². The minimum absolute atomic E-state index is 0.425. The number of rotatable bonds is 3. The molecule has 1 aromatic heterocycles.